The Labute approximate surface area is 141 Å². The summed E-state index contributed by atoms with van der Waals surface area (Å²) >= 11 is 2.28. The zero-order chi connectivity index (χ0) is 17.0. The molecule has 0 aliphatic carbocycles. The molecule has 0 saturated carbocycles. The van der Waals surface area contributed by atoms with Gasteiger partial charge in [0.05, 0.1) is 24.2 Å². The highest BCUT2D eigenvalue weighted by Gasteiger charge is 2.27. The number of thiophene rings is 2. The van der Waals surface area contributed by atoms with Crippen molar-refractivity contribution >= 4 is 45.5 Å². The molecule has 6 nitrogen and oxygen atoms in total. The molecule has 1 N–H and O–H groups in total. The second-order valence-corrected chi connectivity index (χ2v) is 6.37. The van der Waals surface area contributed by atoms with Crippen molar-refractivity contribution in [3.8, 4) is 0 Å². The molecule has 0 unspecified atom stereocenters. The second kappa shape index (κ2) is 7.38. The maximum atomic E-state index is 12.2. The van der Waals surface area contributed by atoms with Gasteiger partial charge in [0.2, 0.25) is 0 Å². The second-order valence-electron chi connectivity index (χ2n) is 4.40. The first-order chi connectivity index (χ1) is 11.0. The van der Waals surface area contributed by atoms with E-state index in [-0.39, 0.29) is 28.0 Å². The van der Waals surface area contributed by atoms with E-state index < -0.39 is 11.9 Å². The number of rotatable bonds is 5. The molecule has 0 fully saturated rings. The van der Waals surface area contributed by atoms with Gasteiger partial charge in [-0.25, -0.2) is 9.59 Å². The highest BCUT2D eigenvalue weighted by molar-refractivity contribution is 7.19. The number of anilines is 1. The summed E-state index contributed by atoms with van der Waals surface area (Å²) in [6.07, 6.45) is 0. The largest absolute Gasteiger partial charge is 0.465 e. The predicted molar refractivity (Wildman–Crippen MR) is 88.6 cm³/mol. The van der Waals surface area contributed by atoms with Gasteiger partial charge < -0.3 is 14.8 Å². The van der Waals surface area contributed by atoms with Gasteiger partial charge >= 0.3 is 11.9 Å². The molecule has 0 atom stereocenters. The maximum Gasteiger partial charge on any atom is 0.348 e. The molecule has 2 heterocycles. The van der Waals surface area contributed by atoms with Crippen LogP contribution in [0.3, 0.4) is 0 Å². The Balaban J connectivity index is 2.42. The Morgan fingerprint density at radius 1 is 1.26 bits per heavy atom. The quantitative estimate of drug-likeness (QED) is 0.834. The maximum absolute atomic E-state index is 12.2. The average molecular weight is 353 g/mol. The number of hydrogen-bond acceptors (Lipinski definition) is 7. The first-order valence-corrected chi connectivity index (χ1v) is 8.42. The number of hydrogen-bond donors (Lipinski definition) is 1. The van der Waals surface area contributed by atoms with Crippen molar-refractivity contribution in [3.63, 3.8) is 0 Å². The van der Waals surface area contributed by atoms with Gasteiger partial charge in [-0.1, -0.05) is 6.07 Å². The Hall–Kier alpha value is -2.19. The Kier molecular flexibility index (Phi) is 5.51. The summed E-state index contributed by atoms with van der Waals surface area (Å²) in [6.45, 7) is 3.50. The van der Waals surface area contributed by atoms with Crippen LogP contribution in [0.15, 0.2) is 17.5 Å². The lowest BCUT2D eigenvalue weighted by Crippen LogP contribution is -2.14. The smallest absolute Gasteiger partial charge is 0.348 e. The molecule has 1 amide bonds. The van der Waals surface area contributed by atoms with E-state index in [0.717, 1.165) is 11.3 Å². The van der Waals surface area contributed by atoms with E-state index in [2.05, 4.69) is 5.32 Å². The fraction of sp³-hybridized carbons (Fsp3) is 0.267. The fourth-order valence-electron chi connectivity index (χ4n) is 1.91. The third kappa shape index (κ3) is 3.59. The minimum atomic E-state index is -0.585. The number of esters is 2. The molecular formula is C15H15NO5S2. The number of ether oxygens (including phenoxy) is 2. The Morgan fingerprint density at radius 3 is 2.57 bits per heavy atom. The summed E-state index contributed by atoms with van der Waals surface area (Å²) in [5.74, 6) is -1.49. The van der Waals surface area contributed by atoms with Gasteiger partial charge in [0.15, 0.2) is 0 Å². The molecule has 0 spiro atoms. The number of amides is 1. The summed E-state index contributed by atoms with van der Waals surface area (Å²) in [5, 5.41) is 4.73. The molecule has 2 aromatic heterocycles. The Morgan fingerprint density at radius 2 is 2.00 bits per heavy atom. The summed E-state index contributed by atoms with van der Waals surface area (Å²) in [5.41, 5.74) is 0.615. The average Bonchev–Trinajstić information content (AvgIpc) is 3.15. The first-order valence-electron chi connectivity index (χ1n) is 6.73. The van der Waals surface area contributed by atoms with Crippen molar-refractivity contribution < 1.29 is 23.9 Å². The molecule has 0 aromatic carbocycles. The highest BCUT2D eigenvalue weighted by Crippen LogP contribution is 2.34. The molecule has 2 aromatic rings. The van der Waals surface area contributed by atoms with Crippen LogP contribution in [0.25, 0.3) is 0 Å². The van der Waals surface area contributed by atoms with Crippen LogP contribution in [0.1, 0.15) is 42.2 Å². The molecule has 0 aliphatic heterocycles. The van der Waals surface area contributed by atoms with E-state index in [0.29, 0.717) is 10.4 Å². The van der Waals surface area contributed by atoms with Gasteiger partial charge in [-0.2, -0.15) is 0 Å². The molecule has 0 aliphatic rings. The summed E-state index contributed by atoms with van der Waals surface area (Å²) in [6, 6.07) is 3.43. The lowest BCUT2D eigenvalue weighted by molar-refractivity contribution is 0.0527. The minimum Gasteiger partial charge on any atom is -0.465 e. The summed E-state index contributed by atoms with van der Waals surface area (Å²) < 4.78 is 9.73. The first kappa shape index (κ1) is 17.2. The van der Waals surface area contributed by atoms with E-state index in [1.165, 1.54) is 18.4 Å². The van der Waals surface area contributed by atoms with Gasteiger partial charge in [0.25, 0.3) is 5.91 Å². The summed E-state index contributed by atoms with van der Waals surface area (Å²) in [7, 11) is 1.26. The SMILES string of the molecule is CCOC(=O)c1c(NC(=O)c2cccs2)sc(C(=O)OC)c1C. The lowest BCUT2D eigenvalue weighted by Gasteiger charge is -2.06. The van der Waals surface area contributed by atoms with Crippen molar-refractivity contribution in [1.82, 2.24) is 0 Å². The zero-order valence-electron chi connectivity index (χ0n) is 12.8. The molecule has 23 heavy (non-hydrogen) atoms. The fourth-order valence-corrected chi connectivity index (χ4v) is 3.64. The van der Waals surface area contributed by atoms with Crippen LogP contribution in [0.4, 0.5) is 5.00 Å². The minimum absolute atomic E-state index is 0.183. The van der Waals surface area contributed by atoms with Gasteiger partial charge in [0, 0.05) is 0 Å². The van der Waals surface area contributed by atoms with Crippen LogP contribution in [-0.4, -0.2) is 31.6 Å². The van der Waals surface area contributed by atoms with Crippen LogP contribution in [-0.2, 0) is 9.47 Å². The van der Waals surface area contributed by atoms with Crippen LogP contribution in [0.5, 0.6) is 0 Å². The van der Waals surface area contributed by atoms with Crippen molar-refractivity contribution in [1.29, 1.82) is 0 Å². The topological polar surface area (TPSA) is 81.7 Å². The third-order valence-corrected chi connectivity index (χ3v) is 5.03. The standard InChI is InChI=1S/C15H15NO5S2/c1-4-21-14(18)10-8(2)11(15(19)20-3)23-13(10)16-12(17)9-6-5-7-22-9/h5-7H,4H2,1-3H3,(H,16,17). The summed E-state index contributed by atoms with van der Waals surface area (Å²) in [4.78, 5) is 37.0. The monoisotopic (exact) mass is 353 g/mol. The number of carbonyl (C=O) groups is 3. The van der Waals surface area contributed by atoms with E-state index in [9.17, 15) is 14.4 Å². The third-order valence-electron chi connectivity index (χ3n) is 2.97. The van der Waals surface area contributed by atoms with Gasteiger partial charge in [0.1, 0.15) is 9.88 Å². The number of nitrogens with one attached hydrogen (secondary N) is 1. The molecular weight excluding hydrogens is 338 g/mol. The molecule has 122 valence electrons. The van der Waals surface area contributed by atoms with E-state index in [1.807, 2.05) is 0 Å². The van der Waals surface area contributed by atoms with Crippen molar-refractivity contribution in [2.24, 2.45) is 0 Å². The molecule has 8 heteroatoms. The number of carbonyl (C=O) groups excluding carboxylic acids is 3. The van der Waals surface area contributed by atoms with Gasteiger partial charge in [-0.05, 0) is 30.9 Å². The van der Waals surface area contributed by atoms with Crippen molar-refractivity contribution in [2.45, 2.75) is 13.8 Å². The van der Waals surface area contributed by atoms with Gasteiger partial charge in [-0.3, -0.25) is 4.79 Å². The molecule has 0 bridgehead atoms. The highest BCUT2D eigenvalue weighted by atomic mass is 32.1. The van der Waals surface area contributed by atoms with Crippen molar-refractivity contribution in [2.75, 3.05) is 19.0 Å². The molecule has 0 saturated heterocycles. The van der Waals surface area contributed by atoms with Crippen LogP contribution in [0, 0.1) is 6.92 Å². The molecule has 2 rings (SSSR count). The van der Waals surface area contributed by atoms with Crippen LogP contribution in [0.2, 0.25) is 0 Å². The predicted octanol–water partition coefficient (Wildman–Crippen LogP) is 3.33. The normalized spacial score (nSPS) is 10.2. The van der Waals surface area contributed by atoms with Crippen LogP contribution >= 0.6 is 22.7 Å². The lowest BCUT2D eigenvalue weighted by atomic mass is 10.1. The van der Waals surface area contributed by atoms with E-state index in [1.54, 1.807) is 31.4 Å². The van der Waals surface area contributed by atoms with E-state index >= 15 is 0 Å². The number of methoxy groups -OCH3 is 1. The van der Waals surface area contributed by atoms with Crippen molar-refractivity contribution in [3.05, 3.63) is 38.4 Å². The zero-order valence-corrected chi connectivity index (χ0v) is 14.4. The van der Waals surface area contributed by atoms with Crippen LogP contribution < -0.4 is 5.32 Å². The Bertz CT molecular complexity index is 733. The molecule has 0 radical (unpaired) electrons. The van der Waals surface area contributed by atoms with E-state index in [4.69, 9.17) is 9.47 Å². The van der Waals surface area contributed by atoms with Gasteiger partial charge in [-0.15, -0.1) is 22.7 Å².